The highest BCUT2D eigenvalue weighted by molar-refractivity contribution is 5.49. The van der Waals surface area contributed by atoms with Crippen LogP contribution < -0.4 is 0 Å². The van der Waals surface area contributed by atoms with Gasteiger partial charge in [-0.15, -0.1) is 0 Å². The minimum atomic E-state index is 0.147. The highest BCUT2D eigenvalue weighted by atomic mass is 16.5. The van der Waals surface area contributed by atoms with Crippen molar-refractivity contribution in [3.05, 3.63) is 33.9 Å². The van der Waals surface area contributed by atoms with Gasteiger partial charge in [0.05, 0.1) is 13.2 Å². The van der Waals surface area contributed by atoms with Crippen LogP contribution in [0.25, 0.3) is 0 Å². The fourth-order valence-electron chi connectivity index (χ4n) is 3.19. The van der Waals surface area contributed by atoms with E-state index >= 15 is 0 Å². The van der Waals surface area contributed by atoms with Crippen LogP contribution in [0.4, 0.5) is 0 Å². The maximum Gasteiger partial charge on any atom is 0.0585 e. The maximum absolute atomic E-state index is 9.10. The Morgan fingerprint density at radius 1 is 1.11 bits per heavy atom. The Kier molecular flexibility index (Phi) is 3.79. The van der Waals surface area contributed by atoms with E-state index in [1.54, 1.807) is 0 Å². The smallest absolute Gasteiger partial charge is 0.0585 e. The summed E-state index contributed by atoms with van der Waals surface area (Å²) in [5.41, 5.74) is 7.15. The molecule has 0 spiro atoms. The lowest BCUT2D eigenvalue weighted by atomic mass is 9.70. The number of hydrogen-bond acceptors (Lipinski definition) is 2. The Bertz CT molecular complexity index is 419. The van der Waals surface area contributed by atoms with Crippen LogP contribution in [-0.4, -0.2) is 24.9 Å². The van der Waals surface area contributed by atoms with Crippen LogP contribution in [0, 0.1) is 27.7 Å². The summed E-state index contributed by atoms with van der Waals surface area (Å²) in [5.74, 6) is 0. The number of benzene rings is 1. The van der Waals surface area contributed by atoms with E-state index in [1.165, 1.54) is 27.8 Å². The van der Waals surface area contributed by atoms with Gasteiger partial charge in [0, 0.05) is 12.0 Å². The Morgan fingerprint density at radius 3 is 2.06 bits per heavy atom. The number of ether oxygens (including phenoxy) is 1. The highest BCUT2D eigenvalue weighted by Gasteiger charge is 2.42. The standard InChI is InChI=1S/C16H24O2/c1-11-8-12(2)14(4)15(13(11)3)16(6-5-7-17)9-18-10-16/h8,17H,5-7,9-10H2,1-4H3. The van der Waals surface area contributed by atoms with Gasteiger partial charge in [-0.05, 0) is 68.4 Å². The van der Waals surface area contributed by atoms with Crippen molar-refractivity contribution in [1.29, 1.82) is 0 Å². The monoisotopic (exact) mass is 248 g/mol. The summed E-state index contributed by atoms with van der Waals surface area (Å²) in [4.78, 5) is 0. The quantitative estimate of drug-likeness (QED) is 0.887. The lowest BCUT2D eigenvalue weighted by Crippen LogP contribution is -2.48. The number of aryl methyl sites for hydroxylation is 2. The number of rotatable bonds is 4. The third-order valence-corrected chi connectivity index (χ3v) is 4.47. The lowest BCUT2D eigenvalue weighted by Gasteiger charge is -2.44. The van der Waals surface area contributed by atoms with Gasteiger partial charge in [-0.3, -0.25) is 0 Å². The van der Waals surface area contributed by atoms with Crippen molar-refractivity contribution in [3.8, 4) is 0 Å². The van der Waals surface area contributed by atoms with Crippen molar-refractivity contribution < 1.29 is 9.84 Å². The average molecular weight is 248 g/mol. The molecule has 1 aromatic rings. The number of aliphatic hydroxyl groups excluding tert-OH is 1. The molecule has 0 bridgehead atoms. The van der Waals surface area contributed by atoms with Gasteiger partial charge in [0.2, 0.25) is 0 Å². The van der Waals surface area contributed by atoms with Crippen molar-refractivity contribution in [2.45, 2.75) is 46.0 Å². The number of hydrogen-bond donors (Lipinski definition) is 1. The van der Waals surface area contributed by atoms with E-state index in [2.05, 4.69) is 33.8 Å². The Balaban J connectivity index is 2.48. The predicted molar refractivity (Wildman–Crippen MR) is 74.2 cm³/mol. The average Bonchev–Trinajstić information content (AvgIpc) is 2.29. The zero-order valence-electron chi connectivity index (χ0n) is 12.0. The van der Waals surface area contributed by atoms with E-state index < -0.39 is 0 Å². The van der Waals surface area contributed by atoms with Gasteiger partial charge in [-0.2, -0.15) is 0 Å². The minimum Gasteiger partial charge on any atom is -0.396 e. The van der Waals surface area contributed by atoms with Gasteiger partial charge in [0.25, 0.3) is 0 Å². The van der Waals surface area contributed by atoms with E-state index in [9.17, 15) is 0 Å². The normalized spacial score (nSPS) is 17.6. The molecule has 0 saturated carbocycles. The molecular formula is C16H24O2. The molecular weight excluding hydrogens is 224 g/mol. The summed E-state index contributed by atoms with van der Waals surface area (Å²) in [6.07, 6.45) is 1.88. The fourth-order valence-corrected chi connectivity index (χ4v) is 3.19. The van der Waals surface area contributed by atoms with Gasteiger partial charge >= 0.3 is 0 Å². The summed E-state index contributed by atoms with van der Waals surface area (Å²) in [6.45, 7) is 10.7. The first-order chi connectivity index (χ1) is 8.52. The summed E-state index contributed by atoms with van der Waals surface area (Å²) >= 11 is 0. The Labute approximate surface area is 110 Å². The van der Waals surface area contributed by atoms with Crippen molar-refractivity contribution >= 4 is 0 Å². The molecule has 1 saturated heterocycles. The summed E-state index contributed by atoms with van der Waals surface area (Å²) in [5, 5.41) is 9.10. The highest BCUT2D eigenvalue weighted by Crippen LogP contribution is 2.41. The largest absolute Gasteiger partial charge is 0.396 e. The zero-order valence-corrected chi connectivity index (χ0v) is 12.0. The predicted octanol–water partition coefficient (Wildman–Crippen LogP) is 2.96. The molecule has 0 atom stereocenters. The molecule has 2 rings (SSSR count). The third kappa shape index (κ3) is 2.08. The van der Waals surface area contributed by atoms with Crippen LogP contribution in [0.3, 0.4) is 0 Å². The molecule has 100 valence electrons. The SMILES string of the molecule is Cc1cc(C)c(C)c(C2(CCCO)COC2)c1C. The molecule has 2 nitrogen and oxygen atoms in total. The van der Waals surface area contributed by atoms with E-state index in [0.29, 0.717) is 0 Å². The summed E-state index contributed by atoms with van der Waals surface area (Å²) in [7, 11) is 0. The third-order valence-electron chi connectivity index (χ3n) is 4.47. The minimum absolute atomic E-state index is 0.147. The second kappa shape index (κ2) is 5.02. The van der Waals surface area contributed by atoms with Crippen LogP contribution in [0.2, 0.25) is 0 Å². The molecule has 18 heavy (non-hydrogen) atoms. The fraction of sp³-hybridized carbons (Fsp3) is 0.625. The Hall–Kier alpha value is -0.860. The lowest BCUT2D eigenvalue weighted by molar-refractivity contribution is -0.0671. The molecule has 1 aliphatic rings. The molecule has 1 heterocycles. The molecule has 1 aliphatic heterocycles. The van der Waals surface area contributed by atoms with Crippen molar-refractivity contribution in [2.75, 3.05) is 19.8 Å². The van der Waals surface area contributed by atoms with Gasteiger partial charge < -0.3 is 9.84 Å². The van der Waals surface area contributed by atoms with Gasteiger partial charge in [-0.1, -0.05) is 6.07 Å². The van der Waals surface area contributed by atoms with Crippen LogP contribution in [-0.2, 0) is 10.2 Å². The first-order valence-electron chi connectivity index (χ1n) is 6.78. The van der Waals surface area contributed by atoms with Gasteiger partial charge in [-0.25, -0.2) is 0 Å². The molecule has 0 radical (unpaired) electrons. The topological polar surface area (TPSA) is 29.5 Å². The van der Waals surface area contributed by atoms with Crippen molar-refractivity contribution in [2.24, 2.45) is 0 Å². The van der Waals surface area contributed by atoms with Crippen molar-refractivity contribution in [3.63, 3.8) is 0 Å². The van der Waals surface area contributed by atoms with E-state index in [-0.39, 0.29) is 12.0 Å². The van der Waals surface area contributed by atoms with Gasteiger partial charge in [0.15, 0.2) is 0 Å². The second-order valence-corrected chi connectivity index (χ2v) is 5.74. The molecule has 1 aromatic carbocycles. The first kappa shape index (κ1) is 13.6. The van der Waals surface area contributed by atoms with Crippen LogP contribution in [0.15, 0.2) is 6.07 Å². The Morgan fingerprint density at radius 2 is 1.67 bits per heavy atom. The molecule has 0 amide bonds. The van der Waals surface area contributed by atoms with Crippen molar-refractivity contribution in [1.82, 2.24) is 0 Å². The van der Waals surface area contributed by atoms with Crippen LogP contribution >= 0.6 is 0 Å². The molecule has 0 unspecified atom stereocenters. The second-order valence-electron chi connectivity index (χ2n) is 5.74. The molecule has 1 fully saturated rings. The first-order valence-corrected chi connectivity index (χ1v) is 6.78. The van der Waals surface area contributed by atoms with Crippen LogP contribution in [0.1, 0.15) is 40.7 Å². The van der Waals surface area contributed by atoms with E-state index in [1.807, 2.05) is 0 Å². The van der Waals surface area contributed by atoms with E-state index in [0.717, 1.165) is 26.1 Å². The van der Waals surface area contributed by atoms with Gasteiger partial charge in [0.1, 0.15) is 0 Å². The maximum atomic E-state index is 9.10. The van der Waals surface area contributed by atoms with E-state index in [4.69, 9.17) is 9.84 Å². The zero-order chi connectivity index (χ0) is 13.3. The molecule has 2 heteroatoms. The molecule has 0 aromatic heterocycles. The summed E-state index contributed by atoms with van der Waals surface area (Å²) in [6, 6.07) is 2.27. The molecule has 1 N–H and O–H groups in total. The molecule has 0 aliphatic carbocycles. The van der Waals surface area contributed by atoms with Crippen LogP contribution in [0.5, 0.6) is 0 Å². The number of aliphatic hydroxyl groups is 1. The summed E-state index contributed by atoms with van der Waals surface area (Å²) < 4.78 is 5.50.